The Morgan fingerprint density at radius 1 is 0.979 bits per heavy atom. The van der Waals surface area contributed by atoms with Crippen LogP contribution < -0.4 is 0 Å². The van der Waals surface area contributed by atoms with Crippen molar-refractivity contribution in [3.05, 3.63) is 23.5 Å². The van der Waals surface area contributed by atoms with E-state index in [2.05, 4.69) is 0 Å². The molecular weight excluding hydrogens is 624 g/mol. The molecule has 1 saturated heterocycles. The van der Waals surface area contributed by atoms with E-state index in [1.165, 1.54) is 6.92 Å². The summed E-state index contributed by atoms with van der Waals surface area (Å²) in [6.45, 7) is 13.1. The molecule has 0 aromatic carbocycles. The number of fused-ring (bicyclic) bond motifs is 5. The Labute approximate surface area is 281 Å². The molecular formula is C36H54O12. The number of Topliss-reactive ketones (excluding diaryl/α,β-unsaturated/α-hetero) is 3. The number of ketones is 3. The fraction of sp³-hybridized carbons (Fsp3) is 0.806. The number of ether oxygens (including phenoxy) is 2. The fourth-order valence-corrected chi connectivity index (χ4v) is 10.2. The van der Waals surface area contributed by atoms with Crippen LogP contribution in [0.5, 0.6) is 0 Å². The Morgan fingerprint density at radius 2 is 1.60 bits per heavy atom. The molecule has 0 bridgehead atoms. The number of hydrogen-bond acceptors (Lipinski definition) is 12. The van der Waals surface area contributed by atoms with Crippen LogP contribution >= 0.6 is 0 Å². The van der Waals surface area contributed by atoms with Crippen LogP contribution in [-0.4, -0.2) is 108 Å². The molecule has 0 aromatic heterocycles. The third-order valence-electron chi connectivity index (χ3n) is 13.2. The topological polar surface area (TPSA) is 211 Å². The monoisotopic (exact) mass is 678 g/mol. The van der Waals surface area contributed by atoms with Crippen LogP contribution in [0.4, 0.5) is 0 Å². The number of hydrogen-bond donors (Lipinski definition) is 7. The largest absolute Gasteiger partial charge is 0.459 e. The maximum atomic E-state index is 14.7. The van der Waals surface area contributed by atoms with E-state index in [0.717, 1.165) is 5.57 Å². The van der Waals surface area contributed by atoms with Gasteiger partial charge in [0, 0.05) is 30.1 Å². The summed E-state index contributed by atoms with van der Waals surface area (Å²) in [5.41, 5.74) is -6.30. The average molecular weight is 679 g/mol. The molecule has 0 amide bonds. The fourth-order valence-electron chi connectivity index (χ4n) is 10.2. The number of rotatable bonds is 8. The lowest BCUT2D eigenvalue weighted by Gasteiger charge is -2.63. The van der Waals surface area contributed by atoms with E-state index in [1.807, 2.05) is 26.8 Å². The van der Waals surface area contributed by atoms with E-state index in [4.69, 9.17) is 9.47 Å². The van der Waals surface area contributed by atoms with Crippen LogP contribution in [0.25, 0.3) is 0 Å². The van der Waals surface area contributed by atoms with E-state index < -0.39 is 99.7 Å². The number of carbonyl (C=O) groups is 3. The van der Waals surface area contributed by atoms with E-state index in [0.29, 0.717) is 6.42 Å². The van der Waals surface area contributed by atoms with Gasteiger partial charge in [-0.05, 0) is 76.7 Å². The van der Waals surface area contributed by atoms with Gasteiger partial charge < -0.3 is 45.2 Å². The number of aliphatic hydroxyl groups is 7. The zero-order valence-electron chi connectivity index (χ0n) is 29.3. The molecule has 1 unspecified atom stereocenters. The Bertz CT molecular complexity index is 1410. The molecule has 0 radical (unpaired) electrons. The molecule has 3 fully saturated rings. The second kappa shape index (κ2) is 11.8. The van der Waals surface area contributed by atoms with Crippen LogP contribution in [0.3, 0.4) is 0 Å². The molecule has 5 aliphatic rings. The van der Waals surface area contributed by atoms with Gasteiger partial charge in [-0.1, -0.05) is 32.4 Å². The molecule has 1 aliphatic heterocycles. The molecule has 13 atom stereocenters. The summed E-state index contributed by atoms with van der Waals surface area (Å²) in [6.07, 6.45) is -4.80. The smallest absolute Gasteiger partial charge is 0.229 e. The van der Waals surface area contributed by atoms with Crippen molar-refractivity contribution in [3.63, 3.8) is 0 Å². The Hall–Kier alpha value is -2.03. The zero-order valence-corrected chi connectivity index (χ0v) is 29.3. The van der Waals surface area contributed by atoms with Gasteiger partial charge in [0.1, 0.15) is 35.8 Å². The molecule has 1 heterocycles. The Balaban J connectivity index is 1.53. The molecule has 12 heteroatoms. The summed E-state index contributed by atoms with van der Waals surface area (Å²) in [7, 11) is 0. The second-order valence-corrected chi connectivity index (χ2v) is 17.1. The van der Waals surface area contributed by atoms with Gasteiger partial charge in [0.15, 0.2) is 11.5 Å². The lowest BCUT2D eigenvalue weighted by molar-refractivity contribution is -0.291. The minimum Gasteiger partial charge on any atom is -0.459 e. The van der Waals surface area contributed by atoms with E-state index in [9.17, 15) is 50.1 Å². The van der Waals surface area contributed by atoms with E-state index in [-0.39, 0.29) is 43.1 Å². The third-order valence-corrected chi connectivity index (χ3v) is 13.2. The summed E-state index contributed by atoms with van der Waals surface area (Å²) >= 11 is 0. The first-order valence-electron chi connectivity index (χ1n) is 17.0. The zero-order chi connectivity index (χ0) is 36.2. The van der Waals surface area contributed by atoms with E-state index >= 15 is 0 Å². The highest BCUT2D eigenvalue weighted by atomic mass is 16.7. The van der Waals surface area contributed by atoms with Gasteiger partial charge in [0.25, 0.3) is 0 Å². The molecule has 0 aromatic rings. The predicted molar refractivity (Wildman–Crippen MR) is 171 cm³/mol. The SMILES string of the molecule is CC(C)(O)CCC(=O)[C@](C)(O)[C@H]1[C@H](O)C[C@@]2(C)[C@@H]3CC=C4C(C=C(O[C@@H]5O[C@H](CO)[C@@H](O)[C@H](O)[C@H]5O)C(=O)C4(C)C)[C@]3(C)C(=O)C[C@]12C. The van der Waals surface area contributed by atoms with Crippen LogP contribution in [-0.2, 0) is 23.9 Å². The second-order valence-electron chi connectivity index (χ2n) is 17.1. The lowest BCUT2D eigenvalue weighted by Crippen LogP contribution is -2.64. The van der Waals surface area contributed by atoms with Crippen LogP contribution in [0.2, 0.25) is 0 Å². The third kappa shape index (κ3) is 5.28. The molecule has 2 saturated carbocycles. The van der Waals surface area contributed by atoms with Crippen molar-refractivity contribution in [2.75, 3.05) is 6.61 Å². The average Bonchev–Trinajstić information content (AvgIpc) is 3.19. The summed E-state index contributed by atoms with van der Waals surface area (Å²) in [5, 5.41) is 74.5. The van der Waals surface area contributed by atoms with Crippen LogP contribution in [0, 0.1) is 39.4 Å². The normalized spacial score (nSPS) is 45.3. The molecule has 270 valence electrons. The number of allylic oxidation sites excluding steroid dienone is 4. The first-order valence-corrected chi connectivity index (χ1v) is 17.0. The maximum absolute atomic E-state index is 14.7. The molecule has 4 aliphatic carbocycles. The molecule has 12 nitrogen and oxygen atoms in total. The minimum absolute atomic E-state index is 0.0396. The molecule has 0 spiro atoms. The maximum Gasteiger partial charge on any atom is 0.229 e. The summed E-state index contributed by atoms with van der Waals surface area (Å²) < 4.78 is 11.5. The van der Waals surface area contributed by atoms with Crippen molar-refractivity contribution in [3.8, 4) is 0 Å². The van der Waals surface area contributed by atoms with Crippen LogP contribution in [0.1, 0.15) is 87.5 Å². The predicted octanol–water partition coefficient (Wildman–Crippen LogP) is 1.10. The number of carbonyl (C=O) groups excluding carboxylic acids is 3. The first kappa shape index (κ1) is 37.2. The summed E-state index contributed by atoms with van der Waals surface area (Å²) in [4.78, 5) is 42.0. The molecule has 5 rings (SSSR count). The minimum atomic E-state index is -1.97. The van der Waals surface area contributed by atoms with Gasteiger partial charge in [-0.2, -0.15) is 0 Å². The standard InChI is InChI=1S/C36H54O12/c1-31(2,45)12-11-23(39)36(8,46)28-19(38)14-33(5)22-10-9-17-18(35(22,7)24(40)15-34(28,33)6)13-20(29(44)32(17,3)4)47-30-27(43)26(42)25(41)21(16-37)48-30/h9,13,18-19,21-22,25-28,30,37-38,41-43,45-46H,10-12,14-16H2,1-8H3/t18?,19-,21-,22+,25-,26+,27-,28+,30-,33+,34-,35+,36+/m1/s1. The van der Waals surface area contributed by atoms with Crippen molar-refractivity contribution in [2.24, 2.45) is 39.4 Å². The van der Waals surface area contributed by atoms with Gasteiger partial charge in [0.2, 0.25) is 12.1 Å². The Kier molecular flexibility index (Phi) is 9.12. The van der Waals surface area contributed by atoms with Gasteiger partial charge in [0.05, 0.1) is 23.7 Å². The highest BCUT2D eigenvalue weighted by Crippen LogP contribution is 2.74. The van der Waals surface area contributed by atoms with Gasteiger partial charge in [-0.15, -0.1) is 0 Å². The summed E-state index contributed by atoms with van der Waals surface area (Å²) in [6, 6.07) is 0. The lowest BCUT2D eigenvalue weighted by atomic mass is 9.39. The van der Waals surface area contributed by atoms with Crippen molar-refractivity contribution < 1.29 is 59.6 Å². The van der Waals surface area contributed by atoms with Gasteiger partial charge in [-0.25, -0.2) is 0 Å². The molecule has 48 heavy (non-hydrogen) atoms. The highest BCUT2D eigenvalue weighted by Gasteiger charge is 2.74. The quantitative estimate of drug-likeness (QED) is 0.180. The first-order chi connectivity index (χ1) is 21.9. The Morgan fingerprint density at radius 3 is 2.19 bits per heavy atom. The van der Waals surface area contributed by atoms with Crippen molar-refractivity contribution in [2.45, 2.75) is 136 Å². The van der Waals surface area contributed by atoms with Gasteiger partial charge >= 0.3 is 0 Å². The van der Waals surface area contributed by atoms with Gasteiger partial charge in [-0.3, -0.25) is 14.4 Å². The number of aliphatic hydroxyl groups excluding tert-OH is 5. The van der Waals surface area contributed by atoms with Crippen molar-refractivity contribution in [1.82, 2.24) is 0 Å². The summed E-state index contributed by atoms with van der Waals surface area (Å²) in [5.74, 6) is -3.21. The van der Waals surface area contributed by atoms with E-state index in [1.54, 1.807) is 33.8 Å². The van der Waals surface area contributed by atoms with Crippen molar-refractivity contribution >= 4 is 17.3 Å². The highest BCUT2D eigenvalue weighted by molar-refractivity contribution is 6.02. The van der Waals surface area contributed by atoms with Crippen LogP contribution in [0.15, 0.2) is 23.5 Å². The molecule has 7 N–H and O–H groups in total. The van der Waals surface area contributed by atoms with Crippen molar-refractivity contribution in [1.29, 1.82) is 0 Å².